The maximum atomic E-state index is 13.2. The summed E-state index contributed by atoms with van der Waals surface area (Å²) in [6.07, 6.45) is 4.08. The number of pyridine rings is 2. The molecular weight excluding hydrogens is 665 g/mol. The Morgan fingerprint density at radius 2 is 1.76 bits per heavy atom. The van der Waals surface area contributed by atoms with Crippen molar-refractivity contribution >= 4 is 40.6 Å². The van der Waals surface area contributed by atoms with Crippen LogP contribution in [-0.4, -0.2) is 70.1 Å². The van der Waals surface area contributed by atoms with E-state index >= 15 is 0 Å². The monoisotopic (exact) mass is 697 g/mol. The van der Waals surface area contributed by atoms with Gasteiger partial charge in [-0.3, -0.25) is 19.0 Å². The number of rotatable bonds is 9. The summed E-state index contributed by atoms with van der Waals surface area (Å²) >= 11 is 14.1. The number of aliphatic hydroxyl groups excluding tert-OH is 1. The number of carbonyl (C=O) groups is 1. The van der Waals surface area contributed by atoms with E-state index in [9.17, 15) is 14.7 Å². The number of methoxy groups -OCH3 is 1. The minimum Gasteiger partial charge on any atom is -0.480 e. The highest BCUT2D eigenvalue weighted by Crippen LogP contribution is 2.42. The van der Waals surface area contributed by atoms with Gasteiger partial charge in [-0.2, -0.15) is 0 Å². The molecular formula is C36H33Cl2N7O4. The Kier molecular flexibility index (Phi) is 9.33. The van der Waals surface area contributed by atoms with E-state index in [4.69, 9.17) is 32.9 Å². The molecule has 11 nitrogen and oxygen atoms in total. The van der Waals surface area contributed by atoms with Crippen molar-refractivity contribution in [2.75, 3.05) is 26.7 Å². The van der Waals surface area contributed by atoms with Gasteiger partial charge in [0.1, 0.15) is 11.5 Å². The van der Waals surface area contributed by atoms with Gasteiger partial charge in [-0.15, -0.1) is 0 Å². The highest BCUT2D eigenvalue weighted by molar-refractivity contribution is 6.39. The number of carbonyl (C=O) groups excluding carboxylic acids is 1. The second-order valence-corrected chi connectivity index (χ2v) is 12.7. The number of aromatic nitrogens is 3. The Bertz CT molecular complexity index is 2170. The maximum absolute atomic E-state index is 13.2. The molecule has 1 amide bonds. The number of fused-ring (bicyclic) bond motifs is 1. The van der Waals surface area contributed by atoms with Gasteiger partial charge in [0, 0.05) is 72.3 Å². The van der Waals surface area contributed by atoms with Gasteiger partial charge in [0.2, 0.25) is 11.8 Å². The molecule has 49 heavy (non-hydrogen) atoms. The molecule has 2 aliphatic heterocycles. The third kappa shape index (κ3) is 6.62. The lowest BCUT2D eigenvalue weighted by Crippen LogP contribution is -2.39. The molecule has 2 aromatic carbocycles. The molecule has 13 heteroatoms. The number of benzene rings is 2. The summed E-state index contributed by atoms with van der Waals surface area (Å²) < 4.78 is 7.13. The van der Waals surface area contributed by atoms with Crippen LogP contribution in [-0.2, 0) is 11.3 Å². The third-order valence-electron chi connectivity index (χ3n) is 8.72. The van der Waals surface area contributed by atoms with Gasteiger partial charge in [-0.05, 0) is 36.2 Å². The molecule has 4 N–H and O–H groups in total. The van der Waals surface area contributed by atoms with Crippen LogP contribution in [0.5, 0.6) is 5.88 Å². The lowest BCUT2D eigenvalue weighted by molar-refractivity contribution is -0.119. The highest BCUT2D eigenvalue weighted by atomic mass is 35.5. The van der Waals surface area contributed by atoms with Crippen LogP contribution in [0.3, 0.4) is 0 Å². The molecule has 2 aliphatic rings. The van der Waals surface area contributed by atoms with E-state index in [1.54, 1.807) is 19.5 Å². The van der Waals surface area contributed by atoms with Crippen LogP contribution in [0.15, 0.2) is 82.8 Å². The molecule has 7 rings (SSSR count). The largest absolute Gasteiger partial charge is 0.480 e. The number of aliphatic imine (C=N–C) groups is 1. The van der Waals surface area contributed by atoms with Crippen LogP contribution in [0, 0.1) is 0 Å². The third-order valence-corrected chi connectivity index (χ3v) is 9.53. The summed E-state index contributed by atoms with van der Waals surface area (Å²) in [5.41, 5.74) is 5.88. The first-order chi connectivity index (χ1) is 23.8. The second-order valence-electron chi connectivity index (χ2n) is 12.0. The fourth-order valence-electron chi connectivity index (χ4n) is 6.15. The number of ether oxygens (including phenoxy) is 1. The first kappa shape index (κ1) is 32.7. The lowest BCUT2D eigenvalue weighted by atomic mass is 9.97. The molecule has 0 radical (unpaired) electrons. The summed E-state index contributed by atoms with van der Waals surface area (Å²) in [7, 11) is 1.55. The number of amides is 1. The van der Waals surface area contributed by atoms with Crippen molar-refractivity contribution in [2.24, 2.45) is 4.99 Å². The van der Waals surface area contributed by atoms with E-state index in [1.807, 2.05) is 60.7 Å². The Morgan fingerprint density at radius 1 is 1.00 bits per heavy atom. The number of aliphatic hydroxyl groups is 1. The van der Waals surface area contributed by atoms with E-state index in [0.717, 1.165) is 28.7 Å². The number of amidine groups is 1. The van der Waals surface area contributed by atoms with Gasteiger partial charge in [0.25, 0.3) is 5.56 Å². The second kappa shape index (κ2) is 14.0. The van der Waals surface area contributed by atoms with Gasteiger partial charge in [-0.1, -0.05) is 59.6 Å². The number of hydrogen-bond acceptors (Lipinski definition) is 9. The fourth-order valence-corrected chi connectivity index (χ4v) is 6.81. The molecule has 5 aromatic rings. The molecule has 1 saturated heterocycles. The Morgan fingerprint density at radius 3 is 2.47 bits per heavy atom. The number of β-amino-alcohol motifs (C(OH)–C–C–N with tert-alkyl or cyclic N) is 1. The van der Waals surface area contributed by atoms with E-state index in [-0.39, 0.29) is 17.5 Å². The van der Waals surface area contributed by atoms with Crippen LogP contribution in [0.4, 0.5) is 0 Å². The summed E-state index contributed by atoms with van der Waals surface area (Å²) in [6.45, 7) is 1.64. The van der Waals surface area contributed by atoms with Crippen molar-refractivity contribution in [3.05, 3.63) is 105 Å². The van der Waals surface area contributed by atoms with E-state index in [2.05, 4.69) is 25.9 Å². The zero-order valence-electron chi connectivity index (χ0n) is 26.5. The number of nitrogens with zero attached hydrogens (tertiary/aromatic N) is 4. The van der Waals surface area contributed by atoms with Crippen LogP contribution < -0.4 is 26.2 Å². The number of hydrogen-bond donors (Lipinski definition) is 4. The van der Waals surface area contributed by atoms with Crippen LogP contribution in [0.25, 0.3) is 39.2 Å². The lowest BCUT2D eigenvalue weighted by Gasteiger charge is -2.20. The van der Waals surface area contributed by atoms with Crippen molar-refractivity contribution in [3.8, 4) is 39.4 Å². The normalized spacial score (nSPS) is 17.5. The first-order valence-electron chi connectivity index (χ1n) is 15.9. The number of halogens is 2. The van der Waals surface area contributed by atoms with E-state index in [0.29, 0.717) is 82.4 Å². The molecule has 1 fully saturated rings. The zero-order valence-corrected chi connectivity index (χ0v) is 28.1. The smallest absolute Gasteiger partial charge is 0.262 e. The standard InChI is InChI=1S/C36H33Cl2N7O4/c1-49-35-28(34-41-18-23(46)19-42-34)9-10-29(44-35)27-7-3-6-26(33(27)38)25-5-2-4-24(32(25)37)20-12-13-45-30(14-20)40-16-21(36(45)48)15-39-17-22-8-11-31(47)43-22/h2-7,9-10,12-14,16,22-23,39,46H,8,11,15,17-19H2,1H3,(H,41,42)(H,43,47)/t22-/m1/s1. The molecule has 3 aromatic heterocycles. The van der Waals surface area contributed by atoms with Gasteiger partial charge in [-0.25, -0.2) is 9.97 Å². The molecule has 0 bridgehead atoms. The Hall–Kier alpha value is -4.81. The Labute approximate surface area is 292 Å². The average Bonchev–Trinajstić information content (AvgIpc) is 3.54. The molecule has 2 atom stereocenters. The minimum absolute atomic E-state index is 0.0594. The van der Waals surface area contributed by atoms with Crippen molar-refractivity contribution < 1.29 is 14.6 Å². The molecule has 1 unspecified atom stereocenters. The predicted molar refractivity (Wildman–Crippen MR) is 190 cm³/mol. The molecule has 250 valence electrons. The fraction of sp³-hybridized carbons (Fsp3) is 0.250. The molecule has 0 spiro atoms. The van der Waals surface area contributed by atoms with Gasteiger partial charge >= 0.3 is 0 Å². The van der Waals surface area contributed by atoms with Crippen LogP contribution in [0.2, 0.25) is 10.0 Å². The van der Waals surface area contributed by atoms with E-state index < -0.39 is 6.10 Å². The van der Waals surface area contributed by atoms with Crippen molar-refractivity contribution in [1.82, 2.24) is 30.3 Å². The van der Waals surface area contributed by atoms with E-state index in [1.165, 1.54) is 4.40 Å². The summed E-state index contributed by atoms with van der Waals surface area (Å²) in [5.74, 6) is 1.06. The van der Waals surface area contributed by atoms with Crippen molar-refractivity contribution in [3.63, 3.8) is 0 Å². The molecule has 0 aliphatic carbocycles. The average molecular weight is 699 g/mol. The van der Waals surface area contributed by atoms with Crippen LogP contribution >= 0.6 is 23.2 Å². The highest BCUT2D eigenvalue weighted by Gasteiger charge is 2.22. The molecule has 5 heterocycles. The summed E-state index contributed by atoms with van der Waals surface area (Å²) in [6, 6.07) is 18.9. The molecule has 0 saturated carbocycles. The first-order valence-corrected chi connectivity index (χ1v) is 16.7. The van der Waals surface area contributed by atoms with Crippen LogP contribution in [0.1, 0.15) is 24.0 Å². The minimum atomic E-state index is -0.530. The summed E-state index contributed by atoms with van der Waals surface area (Å²) in [5, 5.41) is 20.1. The number of nitrogens with one attached hydrogen (secondary N) is 3. The van der Waals surface area contributed by atoms with Gasteiger partial charge < -0.3 is 25.8 Å². The Balaban J connectivity index is 1.16. The van der Waals surface area contributed by atoms with Gasteiger partial charge in [0.15, 0.2) is 0 Å². The SMILES string of the molecule is COc1nc(-c2cccc(-c3cccc(-c4ccn5c(=O)c(CNC[C@H]6CCC(=O)N6)cnc5c4)c3Cl)c2Cl)ccc1C1=NCC(O)CN1. The maximum Gasteiger partial charge on any atom is 0.262 e. The topological polar surface area (TPSA) is 142 Å². The van der Waals surface area contributed by atoms with Crippen molar-refractivity contribution in [1.29, 1.82) is 0 Å². The quantitative estimate of drug-likeness (QED) is 0.177. The van der Waals surface area contributed by atoms with Crippen molar-refractivity contribution in [2.45, 2.75) is 31.5 Å². The summed E-state index contributed by atoms with van der Waals surface area (Å²) in [4.78, 5) is 38.4. The van der Waals surface area contributed by atoms with Gasteiger partial charge in [0.05, 0.1) is 41.1 Å². The zero-order chi connectivity index (χ0) is 34.1. The predicted octanol–water partition coefficient (Wildman–Crippen LogP) is 4.48.